The van der Waals surface area contributed by atoms with E-state index >= 15 is 0 Å². The molecule has 0 saturated carbocycles. The molecule has 2 fully saturated rings. The SMILES string of the molecule is COC(=O)CNc1cc(N2C3CCC2COC3)cc(CSc2nc(C)c(C)s2)n1. The number of morpholine rings is 1. The van der Waals surface area contributed by atoms with Gasteiger partial charge in [0.2, 0.25) is 0 Å². The number of thioether (sulfide) groups is 1. The number of hydrogen-bond acceptors (Lipinski definition) is 9. The fourth-order valence-electron chi connectivity index (χ4n) is 3.81. The third kappa shape index (κ3) is 4.67. The number of nitrogens with one attached hydrogen (secondary N) is 1. The van der Waals surface area contributed by atoms with E-state index in [1.165, 1.54) is 12.0 Å². The quantitative estimate of drug-likeness (QED) is 0.525. The fraction of sp³-hybridized carbons (Fsp3) is 0.550. The molecular formula is C20H26N4O3S2. The van der Waals surface area contributed by atoms with Gasteiger partial charge in [-0.3, -0.25) is 4.79 Å². The topological polar surface area (TPSA) is 76.6 Å². The standard InChI is InChI=1S/C20H26N4O3S2/c1-12-13(2)29-20(22-12)28-11-14-6-17(7-18(23-14)21-8-19(25)26-3)24-15-4-5-16(24)10-27-9-15/h6-7,15-16H,4-5,8-11H2,1-3H3,(H,21,23). The van der Waals surface area contributed by atoms with E-state index in [2.05, 4.69) is 28.2 Å². The number of methoxy groups -OCH3 is 1. The first-order valence-electron chi connectivity index (χ1n) is 9.78. The number of pyridine rings is 1. The van der Waals surface area contributed by atoms with Crippen molar-refractivity contribution < 1.29 is 14.3 Å². The van der Waals surface area contributed by atoms with Crippen molar-refractivity contribution in [1.82, 2.24) is 9.97 Å². The average Bonchev–Trinajstić information content (AvgIpc) is 3.18. The highest BCUT2D eigenvalue weighted by molar-refractivity contribution is 8.00. The molecular weight excluding hydrogens is 408 g/mol. The molecule has 1 N–H and O–H groups in total. The minimum absolute atomic E-state index is 0.0976. The summed E-state index contributed by atoms with van der Waals surface area (Å²) < 4.78 is 11.5. The number of ether oxygens (including phenoxy) is 2. The molecule has 0 amide bonds. The van der Waals surface area contributed by atoms with Gasteiger partial charge < -0.3 is 19.7 Å². The molecule has 2 aliphatic rings. The third-order valence-electron chi connectivity index (χ3n) is 5.40. The summed E-state index contributed by atoms with van der Waals surface area (Å²) in [7, 11) is 1.39. The van der Waals surface area contributed by atoms with Crippen LogP contribution in [0.1, 0.15) is 29.1 Å². The van der Waals surface area contributed by atoms with Crippen molar-refractivity contribution in [1.29, 1.82) is 0 Å². The highest BCUT2D eigenvalue weighted by Crippen LogP contribution is 2.36. The van der Waals surface area contributed by atoms with E-state index in [4.69, 9.17) is 14.5 Å². The predicted molar refractivity (Wildman–Crippen MR) is 116 cm³/mol. The summed E-state index contributed by atoms with van der Waals surface area (Å²) in [5.41, 5.74) is 3.20. The molecule has 156 valence electrons. The van der Waals surface area contributed by atoms with Gasteiger partial charge in [0, 0.05) is 22.4 Å². The Kier molecular flexibility index (Phi) is 6.26. The van der Waals surface area contributed by atoms with Crippen molar-refractivity contribution >= 4 is 40.6 Å². The molecule has 2 aliphatic heterocycles. The van der Waals surface area contributed by atoms with Crippen molar-refractivity contribution in [3.05, 3.63) is 28.4 Å². The van der Waals surface area contributed by atoms with Crippen LogP contribution in [-0.4, -0.2) is 54.9 Å². The summed E-state index contributed by atoms with van der Waals surface area (Å²) in [6.45, 7) is 5.77. The van der Waals surface area contributed by atoms with E-state index in [1.807, 2.05) is 13.0 Å². The highest BCUT2D eigenvalue weighted by atomic mass is 32.2. The number of carbonyl (C=O) groups excluding carboxylic acids is 1. The van der Waals surface area contributed by atoms with E-state index in [0.717, 1.165) is 53.2 Å². The molecule has 0 aliphatic carbocycles. The molecule has 2 aromatic heterocycles. The smallest absolute Gasteiger partial charge is 0.325 e. The predicted octanol–water partition coefficient (Wildman–Crippen LogP) is 3.40. The number of hydrogen-bond donors (Lipinski definition) is 1. The van der Waals surface area contributed by atoms with Crippen LogP contribution in [0.3, 0.4) is 0 Å². The lowest BCUT2D eigenvalue weighted by Crippen LogP contribution is -2.46. The molecule has 2 aromatic rings. The van der Waals surface area contributed by atoms with Gasteiger partial charge in [-0.05, 0) is 32.8 Å². The second-order valence-corrected chi connectivity index (χ2v) is 9.80. The van der Waals surface area contributed by atoms with Crippen LogP contribution in [0.15, 0.2) is 16.5 Å². The lowest BCUT2D eigenvalue weighted by Gasteiger charge is -2.37. The number of rotatable bonds is 7. The number of esters is 1. The Morgan fingerprint density at radius 1 is 1.31 bits per heavy atom. The number of carbonyl (C=O) groups is 1. The van der Waals surface area contributed by atoms with Gasteiger partial charge in [0.05, 0.1) is 43.8 Å². The zero-order valence-corrected chi connectivity index (χ0v) is 18.6. The molecule has 0 spiro atoms. The number of thiazole rings is 1. The molecule has 7 nitrogen and oxygen atoms in total. The molecule has 2 unspecified atom stereocenters. The van der Waals surface area contributed by atoms with Gasteiger partial charge in [0.1, 0.15) is 12.4 Å². The maximum Gasteiger partial charge on any atom is 0.325 e. The van der Waals surface area contributed by atoms with E-state index in [9.17, 15) is 4.79 Å². The Balaban J connectivity index is 1.56. The summed E-state index contributed by atoms with van der Waals surface area (Å²) in [6, 6.07) is 5.02. The summed E-state index contributed by atoms with van der Waals surface area (Å²) >= 11 is 3.42. The van der Waals surface area contributed by atoms with Crippen LogP contribution in [0, 0.1) is 13.8 Å². The Morgan fingerprint density at radius 3 is 2.72 bits per heavy atom. The van der Waals surface area contributed by atoms with E-state index in [1.54, 1.807) is 23.1 Å². The molecule has 29 heavy (non-hydrogen) atoms. The Morgan fingerprint density at radius 2 is 2.07 bits per heavy atom. The molecule has 0 radical (unpaired) electrons. The minimum Gasteiger partial charge on any atom is -0.468 e. The molecule has 4 heterocycles. The van der Waals surface area contributed by atoms with Gasteiger partial charge in [0.25, 0.3) is 0 Å². The molecule has 2 bridgehead atoms. The minimum atomic E-state index is -0.312. The van der Waals surface area contributed by atoms with E-state index in [-0.39, 0.29) is 12.5 Å². The molecule has 4 rings (SSSR count). The zero-order chi connectivity index (χ0) is 20.4. The van der Waals surface area contributed by atoms with Crippen molar-refractivity contribution in [2.45, 2.75) is 48.9 Å². The lowest BCUT2D eigenvalue weighted by atomic mass is 10.2. The summed E-state index contributed by atoms with van der Waals surface area (Å²) in [5, 5.41) is 3.11. The first-order valence-corrected chi connectivity index (χ1v) is 11.6. The molecule has 2 saturated heterocycles. The van der Waals surface area contributed by atoms with Crippen LogP contribution in [0.25, 0.3) is 0 Å². The van der Waals surface area contributed by atoms with Crippen LogP contribution in [-0.2, 0) is 20.0 Å². The van der Waals surface area contributed by atoms with Crippen molar-refractivity contribution in [3.8, 4) is 0 Å². The van der Waals surface area contributed by atoms with Crippen LogP contribution in [0.4, 0.5) is 11.5 Å². The number of nitrogens with zero attached hydrogens (tertiary/aromatic N) is 3. The molecule has 2 atom stereocenters. The first-order chi connectivity index (χ1) is 14.0. The first kappa shape index (κ1) is 20.4. The Hall–Kier alpha value is -1.84. The van der Waals surface area contributed by atoms with E-state index in [0.29, 0.717) is 17.9 Å². The number of anilines is 2. The van der Waals surface area contributed by atoms with Gasteiger partial charge in [-0.1, -0.05) is 11.8 Å². The number of aromatic nitrogens is 2. The summed E-state index contributed by atoms with van der Waals surface area (Å²) in [4.78, 5) is 24.6. The van der Waals surface area contributed by atoms with Crippen LogP contribution in [0.5, 0.6) is 0 Å². The van der Waals surface area contributed by atoms with Crippen molar-refractivity contribution in [3.63, 3.8) is 0 Å². The summed E-state index contributed by atoms with van der Waals surface area (Å²) in [6.07, 6.45) is 2.30. The van der Waals surface area contributed by atoms with Crippen LogP contribution < -0.4 is 10.2 Å². The third-order valence-corrected chi connectivity index (χ3v) is 7.65. The van der Waals surface area contributed by atoms with Crippen LogP contribution in [0.2, 0.25) is 0 Å². The summed E-state index contributed by atoms with van der Waals surface area (Å²) in [5.74, 6) is 1.11. The van der Waals surface area contributed by atoms with Gasteiger partial charge in [-0.15, -0.1) is 11.3 Å². The molecule has 9 heteroatoms. The maximum absolute atomic E-state index is 11.6. The van der Waals surface area contributed by atoms with Gasteiger partial charge in [0.15, 0.2) is 4.34 Å². The number of aryl methyl sites for hydroxylation is 2. The van der Waals surface area contributed by atoms with Crippen molar-refractivity contribution in [2.75, 3.05) is 37.1 Å². The second kappa shape index (κ2) is 8.89. The van der Waals surface area contributed by atoms with Crippen LogP contribution >= 0.6 is 23.1 Å². The monoisotopic (exact) mass is 434 g/mol. The van der Waals surface area contributed by atoms with Gasteiger partial charge in [-0.2, -0.15) is 0 Å². The largest absolute Gasteiger partial charge is 0.468 e. The average molecular weight is 435 g/mol. The van der Waals surface area contributed by atoms with E-state index < -0.39 is 0 Å². The zero-order valence-electron chi connectivity index (χ0n) is 16.9. The van der Waals surface area contributed by atoms with Crippen molar-refractivity contribution in [2.24, 2.45) is 0 Å². The maximum atomic E-state index is 11.6. The second-order valence-electron chi connectivity index (χ2n) is 7.37. The van der Waals surface area contributed by atoms with Gasteiger partial charge >= 0.3 is 5.97 Å². The molecule has 0 aromatic carbocycles. The van der Waals surface area contributed by atoms with Gasteiger partial charge in [-0.25, -0.2) is 9.97 Å². The fourth-order valence-corrected chi connectivity index (χ4v) is 5.86. The number of fused-ring (bicyclic) bond motifs is 2. The Labute approximate surface area is 179 Å². The normalized spacial score (nSPS) is 20.7. The highest BCUT2D eigenvalue weighted by Gasteiger charge is 2.37. The lowest BCUT2D eigenvalue weighted by molar-refractivity contribution is -0.138. The Bertz CT molecular complexity index is 853.